The van der Waals surface area contributed by atoms with Crippen LogP contribution in [0.15, 0.2) is 36.4 Å². The minimum absolute atomic E-state index is 0.0913. The van der Waals surface area contributed by atoms with Gasteiger partial charge in [-0.05, 0) is 64.5 Å². The fourth-order valence-corrected chi connectivity index (χ4v) is 5.43. The molecule has 4 rings (SSSR count). The van der Waals surface area contributed by atoms with Gasteiger partial charge in [0, 0.05) is 5.41 Å². The van der Waals surface area contributed by atoms with E-state index in [0.29, 0.717) is 5.75 Å². The molecule has 0 amide bonds. The maximum absolute atomic E-state index is 10.2. The first kappa shape index (κ1) is 18.0. The Morgan fingerprint density at radius 2 is 1.28 bits per heavy atom. The number of aromatic hydroxyl groups is 1. The van der Waals surface area contributed by atoms with Crippen LogP contribution in [0.25, 0.3) is 0 Å². The number of phenols is 1. The van der Waals surface area contributed by atoms with Gasteiger partial charge < -0.3 is 5.11 Å². The molecule has 0 aromatic heterocycles. The molecule has 1 atom stereocenters. The number of aryl methyl sites for hydroxylation is 1. The summed E-state index contributed by atoms with van der Waals surface area (Å²) in [6, 6.07) is 13.3. The number of hydrogen-bond acceptors (Lipinski definition) is 1. The molecule has 1 N–H and O–H groups in total. The minimum atomic E-state index is 0.0913. The predicted molar refractivity (Wildman–Crippen MR) is 107 cm³/mol. The van der Waals surface area contributed by atoms with Crippen LogP contribution in [-0.4, -0.2) is 5.11 Å². The lowest BCUT2D eigenvalue weighted by molar-refractivity contribution is 0.349. The van der Waals surface area contributed by atoms with Crippen LogP contribution < -0.4 is 0 Å². The predicted octanol–water partition coefficient (Wildman–Crippen LogP) is 6.38. The number of hydrogen-bond donors (Lipinski definition) is 1. The Hall–Kier alpha value is -1.76. The molecular weight excluding hydrogens is 304 g/mol. The van der Waals surface area contributed by atoms with E-state index in [1.165, 1.54) is 22.3 Å². The Kier molecular flexibility index (Phi) is 4.06. The van der Waals surface area contributed by atoms with Gasteiger partial charge in [-0.15, -0.1) is 0 Å². The molecule has 2 aliphatic carbocycles. The van der Waals surface area contributed by atoms with Crippen molar-refractivity contribution in [2.75, 3.05) is 0 Å². The van der Waals surface area contributed by atoms with Crippen LogP contribution in [0.5, 0.6) is 5.75 Å². The highest BCUT2D eigenvalue weighted by Crippen LogP contribution is 2.63. The van der Waals surface area contributed by atoms with Gasteiger partial charge in [0.1, 0.15) is 5.75 Å². The summed E-state index contributed by atoms with van der Waals surface area (Å²) < 4.78 is 0. The lowest BCUT2D eigenvalue weighted by atomic mass is 9.72. The van der Waals surface area contributed by atoms with Crippen molar-refractivity contribution in [3.8, 4) is 5.75 Å². The minimum Gasteiger partial charge on any atom is -0.508 e. The summed E-state index contributed by atoms with van der Waals surface area (Å²) in [4.78, 5) is 0. The van der Waals surface area contributed by atoms with Crippen molar-refractivity contribution >= 4 is 0 Å². The van der Waals surface area contributed by atoms with Gasteiger partial charge in [0.15, 0.2) is 0 Å². The first-order chi connectivity index (χ1) is 11.7. The molecule has 0 aliphatic heterocycles. The third-order valence-electron chi connectivity index (χ3n) is 6.24. The van der Waals surface area contributed by atoms with Crippen molar-refractivity contribution in [1.29, 1.82) is 0 Å². The van der Waals surface area contributed by atoms with E-state index in [0.717, 1.165) is 18.4 Å². The van der Waals surface area contributed by atoms with Crippen LogP contribution in [0.2, 0.25) is 0 Å². The van der Waals surface area contributed by atoms with E-state index >= 15 is 0 Å². The molecule has 134 valence electrons. The molecule has 0 fully saturated rings. The van der Waals surface area contributed by atoms with Gasteiger partial charge in [-0.1, -0.05) is 71.9 Å². The summed E-state index contributed by atoms with van der Waals surface area (Å²) in [5.74, 6) is 0.430. The Morgan fingerprint density at radius 1 is 0.760 bits per heavy atom. The molecule has 2 aromatic carbocycles. The highest BCUT2D eigenvalue weighted by Gasteiger charge is 2.56. The Balaban J connectivity index is 0.000000880. The molecule has 2 aliphatic rings. The largest absolute Gasteiger partial charge is 0.508 e. The van der Waals surface area contributed by atoms with Gasteiger partial charge in [0.25, 0.3) is 0 Å². The molecule has 0 saturated heterocycles. The molecule has 1 heteroatoms. The zero-order valence-electron chi connectivity index (χ0n) is 16.8. The van der Waals surface area contributed by atoms with E-state index in [2.05, 4.69) is 58.0 Å². The summed E-state index contributed by atoms with van der Waals surface area (Å²) in [7, 11) is 0. The average molecular weight is 337 g/mol. The third kappa shape index (κ3) is 2.43. The van der Waals surface area contributed by atoms with Gasteiger partial charge >= 0.3 is 0 Å². The second kappa shape index (κ2) is 5.62. The number of fused-ring (bicyclic) bond motifs is 4. The number of rotatable bonds is 0. The van der Waals surface area contributed by atoms with Crippen LogP contribution in [0.4, 0.5) is 0 Å². The standard InChI is InChI=1S/C22H26O.C2H6/c1-14-10-18-17(11-19(14)23)21(4,5)13-22(18)12-20(2,3)15-8-6-7-9-16(15)22;1-2/h6-11,23H,12-13H2,1-5H3;1-2H3. The lowest BCUT2D eigenvalue weighted by Gasteiger charge is -2.30. The summed E-state index contributed by atoms with van der Waals surface area (Å²) in [6.07, 6.45) is 2.28. The first-order valence-electron chi connectivity index (χ1n) is 9.62. The smallest absolute Gasteiger partial charge is 0.118 e. The van der Waals surface area contributed by atoms with Gasteiger partial charge in [0.05, 0.1) is 0 Å². The van der Waals surface area contributed by atoms with Crippen LogP contribution in [0.1, 0.15) is 82.2 Å². The monoisotopic (exact) mass is 336 g/mol. The van der Waals surface area contributed by atoms with E-state index in [1.54, 1.807) is 0 Å². The lowest BCUT2D eigenvalue weighted by Crippen LogP contribution is -2.27. The molecule has 0 radical (unpaired) electrons. The summed E-state index contributed by atoms with van der Waals surface area (Å²) >= 11 is 0. The Morgan fingerprint density at radius 3 is 1.88 bits per heavy atom. The molecule has 1 nitrogen and oxygen atoms in total. The van der Waals surface area contributed by atoms with Crippen molar-refractivity contribution in [3.05, 3.63) is 64.2 Å². The van der Waals surface area contributed by atoms with E-state index < -0.39 is 0 Å². The summed E-state index contributed by atoms with van der Waals surface area (Å²) in [6.45, 7) is 15.4. The maximum Gasteiger partial charge on any atom is 0.118 e. The highest BCUT2D eigenvalue weighted by atomic mass is 16.3. The third-order valence-corrected chi connectivity index (χ3v) is 6.24. The normalized spacial score (nSPS) is 24.4. The zero-order chi connectivity index (χ0) is 18.6. The van der Waals surface area contributed by atoms with Crippen LogP contribution in [-0.2, 0) is 16.2 Å². The molecule has 1 unspecified atom stereocenters. The molecular formula is C24H32O. The van der Waals surface area contributed by atoms with E-state index in [1.807, 2.05) is 26.8 Å². The summed E-state index contributed by atoms with van der Waals surface area (Å²) in [5.41, 5.74) is 7.13. The SMILES string of the molecule is CC.Cc1cc2c(cc1O)C(C)(C)CC21CC(C)(C)c2ccccc21. The quantitative estimate of drug-likeness (QED) is 0.592. The van der Waals surface area contributed by atoms with Crippen LogP contribution in [0, 0.1) is 6.92 Å². The van der Waals surface area contributed by atoms with E-state index in [9.17, 15) is 5.11 Å². The molecule has 0 saturated carbocycles. The Labute approximate surface area is 153 Å². The van der Waals surface area contributed by atoms with Crippen molar-refractivity contribution in [2.45, 2.75) is 77.6 Å². The average Bonchev–Trinajstić information content (AvgIpc) is 2.91. The van der Waals surface area contributed by atoms with E-state index in [4.69, 9.17) is 0 Å². The fourth-order valence-electron chi connectivity index (χ4n) is 5.43. The molecule has 1 spiro atoms. The zero-order valence-corrected chi connectivity index (χ0v) is 16.8. The van der Waals surface area contributed by atoms with Gasteiger partial charge in [-0.2, -0.15) is 0 Å². The highest BCUT2D eigenvalue weighted by molar-refractivity contribution is 5.61. The molecule has 2 aromatic rings. The number of benzene rings is 2. The van der Waals surface area contributed by atoms with Crippen molar-refractivity contribution in [3.63, 3.8) is 0 Å². The summed E-state index contributed by atoms with van der Waals surface area (Å²) in [5, 5.41) is 10.2. The maximum atomic E-state index is 10.2. The van der Waals surface area contributed by atoms with Crippen molar-refractivity contribution in [1.82, 2.24) is 0 Å². The van der Waals surface area contributed by atoms with Crippen LogP contribution >= 0.6 is 0 Å². The topological polar surface area (TPSA) is 20.2 Å². The van der Waals surface area contributed by atoms with E-state index in [-0.39, 0.29) is 16.2 Å². The second-order valence-corrected chi connectivity index (χ2v) is 8.93. The second-order valence-electron chi connectivity index (χ2n) is 8.93. The fraction of sp³-hybridized carbons (Fsp3) is 0.500. The van der Waals surface area contributed by atoms with Gasteiger partial charge in [-0.3, -0.25) is 0 Å². The molecule has 25 heavy (non-hydrogen) atoms. The first-order valence-corrected chi connectivity index (χ1v) is 9.62. The van der Waals surface area contributed by atoms with Crippen molar-refractivity contribution < 1.29 is 5.11 Å². The number of phenolic OH excluding ortho intramolecular Hbond substituents is 1. The van der Waals surface area contributed by atoms with Gasteiger partial charge in [0.2, 0.25) is 0 Å². The van der Waals surface area contributed by atoms with Gasteiger partial charge in [-0.25, -0.2) is 0 Å². The Bertz CT molecular complexity index is 813. The van der Waals surface area contributed by atoms with Crippen molar-refractivity contribution in [2.24, 2.45) is 0 Å². The molecule has 0 heterocycles. The van der Waals surface area contributed by atoms with Crippen LogP contribution in [0.3, 0.4) is 0 Å². The molecule has 0 bridgehead atoms.